The Bertz CT molecular complexity index is 2650. The normalized spacial score (nSPS) is 23.6. The number of hydrogen-bond acceptors (Lipinski definition) is 28. The van der Waals surface area contributed by atoms with Crippen LogP contribution in [0.5, 0.6) is 5.75 Å². The van der Waals surface area contributed by atoms with E-state index in [1.165, 1.54) is 17.0 Å². The quantitative estimate of drug-likeness (QED) is 0.0172. The number of aliphatic hydroxyl groups is 5. The number of carbonyl (C=O) groups is 1. The average Bonchev–Trinajstić information content (AvgIpc) is 4.08. The molecule has 2 aliphatic heterocycles. The molecule has 1 aromatic carbocycles. The van der Waals surface area contributed by atoms with Gasteiger partial charge in [0.05, 0.1) is 124 Å². The number of imidazole rings is 1. The fourth-order valence-corrected chi connectivity index (χ4v) is 9.69. The predicted octanol–water partition coefficient (Wildman–Crippen LogP) is -2.02. The Hall–Kier alpha value is -4.49. The van der Waals surface area contributed by atoms with Crippen molar-refractivity contribution in [3.8, 4) is 17.1 Å². The van der Waals surface area contributed by atoms with Crippen molar-refractivity contribution in [2.45, 2.75) is 75.5 Å². The molecule has 454 valence electrons. The lowest BCUT2D eigenvalue weighted by atomic mass is 9.99. The van der Waals surface area contributed by atoms with Crippen molar-refractivity contribution in [1.82, 2.24) is 40.2 Å². The van der Waals surface area contributed by atoms with Crippen molar-refractivity contribution in [2.75, 3.05) is 125 Å². The third kappa shape index (κ3) is 21.9. The van der Waals surface area contributed by atoms with Crippen LogP contribution in [0.15, 0.2) is 41.5 Å². The molecule has 5 heterocycles. The fourth-order valence-electron chi connectivity index (χ4n) is 7.53. The molecule has 33 nitrogen and oxygen atoms in total. The van der Waals surface area contributed by atoms with E-state index in [1.54, 1.807) is 13.8 Å². The van der Waals surface area contributed by atoms with Crippen molar-refractivity contribution in [2.24, 2.45) is 0 Å². The molecule has 0 aliphatic carbocycles. The minimum absolute atomic E-state index is 0.00513. The first-order valence-corrected chi connectivity index (χ1v) is 28.5. The maximum atomic E-state index is 12.8. The molecule has 1 amide bonds. The SMILES string of the molecule is Cc1nnc(-c2ccc(OCCOCCOCCOCCOCCOCCOCCOCCOCCC(=O)NCC3O[C@H](OP(=O)(O)OP(=O)(O)OC[C@H]4O[C@@H](n5cnc6c(=O)[nH]c(C)cc65)[C@@H](O)C4O)C(O)[C@@H](O)[C@@H]3O)cc2)nn1. The highest BCUT2D eigenvalue weighted by Gasteiger charge is 2.50. The van der Waals surface area contributed by atoms with Crippen LogP contribution in [-0.2, 0) is 74.7 Å². The lowest BCUT2D eigenvalue weighted by molar-refractivity contribution is -0.273. The molecular weight excluding hydrogens is 1130 g/mol. The highest BCUT2D eigenvalue weighted by atomic mass is 31.3. The van der Waals surface area contributed by atoms with Crippen LogP contribution < -0.4 is 15.6 Å². The van der Waals surface area contributed by atoms with Gasteiger partial charge in [0.2, 0.25) is 11.7 Å². The molecule has 5 unspecified atom stereocenters. The number of benzene rings is 1. The van der Waals surface area contributed by atoms with Gasteiger partial charge in [0.15, 0.2) is 23.9 Å². The van der Waals surface area contributed by atoms with Crippen LogP contribution >= 0.6 is 15.6 Å². The van der Waals surface area contributed by atoms with Crippen molar-refractivity contribution < 1.29 is 115 Å². The highest BCUT2D eigenvalue weighted by Crippen LogP contribution is 2.61. The lowest BCUT2D eigenvalue weighted by Crippen LogP contribution is -2.60. The summed E-state index contributed by atoms with van der Waals surface area (Å²) in [5, 5.41) is 70.8. The number of ether oxygens (including phenoxy) is 11. The molecule has 35 heteroatoms. The summed E-state index contributed by atoms with van der Waals surface area (Å²) in [6.07, 6.45) is -15.1. The molecule has 0 saturated carbocycles. The largest absolute Gasteiger partial charge is 0.491 e. The standard InChI is InChI=1S/C46H70N8O25P2/c1-29-25-33-37(44(61)49-29)48-28-54(33)45-41(59)39(57)35(76-45)27-75-80(62,63)79-81(64,65)78-46-42(60)40(58)38(56)34(77-46)26-47-36(55)7-8-66-9-10-67-11-12-68-13-14-69-15-16-70-17-18-71-19-20-72-21-22-73-23-24-74-32-5-3-31(4-6-32)43-52-50-30(2)51-53-43/h3-6,25,28,34-35,38-42,45-46,56-60H,7-24,26-27H2,1-2H3,(H,47,55)(H,49,61)(H,62,63)(H,64,65)/t34?,35-,38-,39?,40+,41+,42?,45-,46-/m1/s1. The number of fused-ring (bicyclic) bond motifs is 1. The van der Waals surface area contributed by atoms with E-state index in [9.17, 15) is 54.0 Å². The number of pyridine rings is 1. The van der Waals surface area contributed by atoms with Crippen molar-refractivity contribution >= 4 is 32.6 Å². The molecule has 0 radical (unpaired) electrons. The Morgan fingerprint density at radius 2 is 1.17 bits per heavy atom. The van der Waals surface area contributed by atoms with Gasteiger partial charge >= 0.3 is 15.6 Å². The molecule has 9 N–H and O–H groups in total. The van der Waals surface area contributed by atoms with Gasteiger partial charge in [-0.25, -0.2) is 14.1 Å². The summed E-state index contributed by atoms with van der Waals surface area (Å²) in [7, 11) is -11.3. The number of nitrogens with one attached hydrogen (secondary N) is 2. The van der Waals surface area contributed by atoms with E-state index in [1.807, 2.05) is 24.3 Å². The molecule has 11 atom stereocenters. The molecule has 2 aliphatic rings. The summed E-state index contributed by atoms with van der Waals surface area (Å²) < 4.78 is 101. The summed E-state index contributed by atoms with van der Waals surface area (Å²) in [5.41, 5.74) is 0.965. The first-order valence-electron chi connectivity index (χ1n) is 25.5. The van der Waals surface area contributed by atoms with E-state index in [-0.39, 0.29) is 43.9 Å². The third-order valence-corrected chi connectivity index (χ3v) is 14.2. The molecule has 2 saturated heterocycles. The molecule has 81 heavy (non-hydrogen) atoms. The van der Waals surface area contributed by atoms with Gasteiger partial charge in [-0.3, -0.25) is 18.6 Å². The molecule has 0 spiro atoms. The fraction of sp³-hybridized carbons (Fsp3) is 0.674. The third-order valence-electron chi connectivity index (χ3n) is 11.6. The minimum atomic E-state index is -5.72. The van der Waals surface area contributed by atoms with Crippen molar-refractivity contribution in [3.05, 3.63) is 58.5 Å². The number of rotatable bonds is 39. The Balaban J connectivity index is 0.698. The van der Waals surface area contributed by atoms with E-state index in [0.717, 1.165) is 5.56 Å². The van der Waals surface area contributed by atoms with Crippen LogP contribution in [-0.4, -0.2) is 251 Å². The summed E-state index contributed by atoms with van der Waals surface area (Å²) >= 11 is 0. The first-order chi connectivity index (χ1) is 38.9. The number of hydrogen-bond donors (Lipinski definition) is 9. The molecule has 3 aromatic heterocycles. The van der Waals surface area contributed by atoms with Gasteiger partial charge in [-0.1, -0.05) is 0 Å². The van der Waals surface area contributed by atoms with Crippen molar-refractivity contribution in [3.63, 3.8) is 0 Å². The van der Waals surface area contributed by atoms with Crippen LogP contribution in [0.25, 0.3) is 22.4 Å². The second kappa shape index (κ2) is 33.7. The topological polar surface area (TPSA) is 436 Å². The van der Waals surface area contributed by atoms with Crippen LogP contribution in [0, 0.1) is 13.8 Å². The summed E-state index contributed by atoms with van der Waals surface area (Å²) in [6.45, 7) is 7.58. The van der Waals surface area contributed by atoms with E-state index < -0.39 is 95.5 Å². The number of aliphatic hydroxyl groups excluding tert-OH is 5. The smallest absolute Gasteiger partial charge is 0.483 e. The van der Waals surface area contributed by atoms with E-state index in [0.29, 0.717) is 109 Å². The lowest BCUT2D eigenvalue weighted by Gasteiger charge is -2.40. The first kappa shape index (κ1) is 65.7. The number of amides is 1. The number of aromatic nitrogens is 7. The number of phosphoric acid groups is 2. The van der Waals surface area contributed by atoms with Crippen LogP contribution in [0.4, 0.5) is 0 Å². The second-order valence-electron chi connectivity index (χ2n) is 17.7. The number of aromatic amines is 1. The Kier molecular flexibility index (Phi) is 27.3. The summed E-state index contributed by atoms with van der Waals surface area (Å²) in [4.78, 5) is 51.8. The molecule has 0 bridgehead atoms. The summed E-state index contributed by atoms with van der Waals surface area (Å²) in [5.74, 6) is 1.06. The summed E-state index contributed by atoms with van der Waals surface area (Å²) in [6, 6.07) is 8.85. The van der Waals surface area contributed by atoms with Gasteiger partial charge in [-0.2, -0.15) is 4.31 Å². The van der Waals surface area contributed by atoms with Gasteiger partial charge < -0.3 is 102 Å². The number of phosphoric ester groups is 2. The Morgan fingerprint density at radius 1 is 0.654 bits per heavy atom. The van der Waals surface area contributed by atoms with Gasteiger partial charge in [-0.05, 0) is 44.2 Å². The molecule has 4 aromatic rings. The monoisotopic (exact) mass is 1200 g/mol. The maximum Gasteiger partial charge on any atom is 0.483 e. The van der Waals surface area contributed by atoms with Gasteiger partial charge in [0, 0.05) is 24.2 Å². The van der Waals surface area contributed by atoms with E-state index in [2.05, 4.69) is 40.0 Å². The Morgan fingerprint density at radius 3 is 1.73 bits per heavy atom. The predicted molar refractivity (Wildman–Crippen MR) is 273 cm³/mol. The number of carbonyl (C=O) groups excluding carboxylic acids is 1. The average molecular weight is 1200 g/mol. The number of nitrogens with zero attached hydrogens (tertiary/aromatic N) is 6. The molecule has 2 fully saturated rings. The molecule has 6 rings (SSSR count). The van der Waals surface area contributed by atoms with Crippen LogP contribution in [0.3, 0.4) is 0 Å². The van der Waals surface area contributed by atoms with Gasteiger partial charge in [0.1, 0.15) is 55.1 Å². The number of H-pyrrole nitrogens is 1. The Labute approximate surface area is 463 Å². The molecular formula is C46H70N8O25P2. The van der Waals surface area contributed by atoms with Gasteiger partial charge in [-0.15, -0.1) is 20.4 Å². The maximum absolute atomic E-state index is 12.8. The zero-order valence-electron chi connectivity index (χ0n) is 44.4. The van der Waals surface area contributed by atoms with E-state index >= 15 is 0 Å². The highest BCUT2D eigenvalue weighted by molar-refractivity contribution is 7.61. The zero-order chi connectivity index (χ0) is 58.2. The van der Waals surface area contributed by atoms with E-state index in [4.69, 9.17) is 61.2 Å². The van der Waals surface area contributed by atoms with Crippen LogP contribution in [0.1, 0.15) is 24.2 Å². The van der Waals surface area contributed by atoms with Crippen molar-refractivity contribution in [1.29, 1.82) is 0 Å². The zero-order valence-corrected chi connectivity index (χ0v) is 46.1. The number of aryl methyl sites for hydroxylation is 2. The minimum Gasteiger partial charge on any atom is -0.491 e. The van der Waals surface area contributed by atoms with Gasteiger partial charge in [0.25, 0.3) is 5.56 Å². The second-order valence-corrected chi connectivity index (χ2v) is 20.7. The van der Waals surface area contributed by atoms with Crippen LogP contribution in [0.2, 0.25) is 0 Å².